The number of likely N-dealkylation sites (N-methyl/N-ethyl adjacent to an activating group) is 1. The molecule has 72 heavy (non-hydrogen) atoms. The molecular weight excluding hydrogens is 915 g/mol. The highest BCUT2D eigenvalue weighted by Crippen LogP contribution is 2.41. The van der Waals surface area contributed by atoms with Crippen LogP contribution in [-0.2, 0) is 51.1 Å². The fourth-order valence-electron chi connectivity index (χ4n) is 9.74. The molecule has 0 saturated carbocycles. The molecule has 1 aromatic carbocycles. The van der Waals surface area contributed by atoms with Crippen LogP contribution in [0.5, 0.6) is 0 Å². The van der Waals surface area contributed by atoms with Crippen molar-refractivity contribution in [1.82, 2.24) is 40.0 Å². The number of hydrazine groups is 1. The number of anilines is 1. The second-order valence-electron chi connectivity index (χ2n) is 20.9. The van der Waals surface area contributed by atoms with E-state index >= 15 is 0 Å². The molecule has 2 N–H and O–H groups in total. The quantitative estimate of drug-likeness (QED) is 0.123. The van der Waals surface area contributed by atoms with Crippen molar-refractivity contribution < 1.29 is 38.2 Å². The Morgan fingerprint density at radius 1 is 0.944 bits per heavy atom. The van der Waals surface area contributed by atoms with E-state index in [1.807, 2.05) is 37.9 Å². The summed E-state index contributed by atoms with van der Waals surface area (Å²) in [5.41, 5.74) is 9.44. The van der Waals surface area contributed by atoms with Crippen LogP contribution >= 0.6 is 0 Å². The lowest BCUT2D eigenvalue weighted by Gasteiger charge is -2.41. The van der Waals surface area contributed by atoms with Crippen LogP contribution in [0, 0.1) is 23.2 Å². The molecular formula is C55H83N9O8. The molecule has 4 saturated heterocycles. The van der Waals surface area contributed by atoms with E-state index in [-0.39, 0.29) is 40.7 Å². The molecule has 7 rings (SSSR count). The van der Waals surface area contributed by atoms with Crippen LogP contribution in [0.4, 0.5) is 5.69 Å². The number of methoxy groups -OCH3 is 1. The molecule has 2 aromatic heterocycles. The number of nitrogens with zero attached hydrogens (tertiary/aromatic N) is 7. The summed E-state index contributed by atoms with van der Waals surface area (Å²) < 4.78 is 18.9. The fraction of sp³-hybridized carbons (Fsp3) is 0.636. The highest BCUT2D eigenvalue weighted by Gasteiger charge is 2.32. The van der Waals surface area contributed by atoms with Crippen molar-refractivity contribution in [2.75, 3.05) is 91.2 Å². The average Bonchev–Trinajstić information content (AvgIpc) is 4.01. The zero-order valence-electron chi connectivity index (χ0n) is 45.1. The van der Waals surface area contributed by atoms with Gasteiger partial charge in [-0.25, -0.2) is 5.43 Å². The summed E-state index contributed by atoms with van der Waals surface area (Å²) in [7, 11) is 3.28. The van der Waals surface area contributed by atoms with Gasteiger partial charge in [-0.05, 0) is 121 Å². The van der Waals surface area contributed by atoms with Gasteiger partial charge in [0.1, 0.15) is 12.1 Å². The lowest BCUT2D eigenvalue weighted by Crippen LogP contribution is -2.57. The summed E-state index contributed by atoms with van der Waals surface area (Å²) in [6.45, 7) is 28.5. The minimum Gasteiger partial charge on any atom is -0.467 e. The number of carbonyl (C=O) groups is 5. The van der Waals surface area contributed by atoms with E-state index in [0.717, 1.165) is 115 Å². The second-order valence-corrected chi connectivity index (χ2v) is 20.9. The van der Waals surface area contributed by atoms with Crippen LogP contribution in [0.25, 0.3) is 22.2 Å². The summed E-state index contributed by atoms with van der Waals surface area (Å²) >= 11 is 0. The van der Waals surface area contributed by atoms with E-state index in [0.29, 0.717) is 26.0 Å². The Morgan fingerprint density at radius 2 is 1.64 bits per heavy atom. The summed E-state index contributed by atoms with van der Waals surface area (Å²) in [5.74, 6) is 5.44. The van der Waals surface area contributed by atoms with Crippen LogP contribution in [0.15, 0.2) is 36.5 Å². The Hall–Kier alpha value is -5.54. The second kappa shape index (κ2) is 27.0. The number of benzene rings is 1. The zero-order valence-corrected chi connectivity index (χ0v) is 45.1. The number of ether oxygens (including phenoxy) is 3. The molecule has 0 bridgehead atoms. The molecule has 6 heterocycles. The standard InChI is InChI=1S/C28H37N3O4.C14H26N4O3.C13H20N2O/c1-6-31-25-10-9-21(30-12-14-34-15-13-30)16-23(25)24(17-28(3,4)18-35-19-32)27(31)22-8-7-11-29-26(22)20(2)33-5;1-10(2)12(17(4)9-19)13(20)16-11(3)14(21)18-8-6-5-7-15-18;1-13(2,15-10-5-11-15)7-6-12(16)14-8-3-4-9-14/h7-11,16,19-20H,6,12-15,17-18H2,1-5H3;9-12,15H,5-8H2,1-4H3,(H,16,20);3-5,8-11H2,1-2H3. The molecule has 3 unspecified atom stereocenters. The number of pyridine rings is 1. The van der Waals surface area contributed by atoms with Crippen LogP contribution in [-0.4, -0.2) is 164 Å². The van der Waals surface area contributed by atoms with Crippen molar-refractivity contribution in [3.8, 4) is 23.1 Å². The molecule has 396 valence electrons. The molecule has 3 atom stereocenters. The smallest absolute Gasteiger partial charge is 0.298 e. The summed E-state index contributed by atoms with van der Waals surface area (Å²) in [5, 5.41) is 5.49. The minimum atomic E-state index is -0.621. The number of hydrogen-bond donors (Lipinski definition) is 2. The zero-order chi connectivity index (χ0) is 52.6. The number of hydrogen-bond acceptors (Lipinski definition) is 12. The molecule has 3 aromatic rings. The molecule has 4 amide bonds. The Balaban J connectivity index is 0.000000221. The monoisotopic (exact) mass is 998 g/mol. The normalized spacial score (nSPS) is 17.5. The summed E-state index contributed by atoms with van der Waals surface area (Å²) in [6, 6.07) is 9.70. The van der Waals surface area contributed by atoms with Crippen molar-refractivity contribution in [2.24, 2.45) is 11.3 Å². The van der Waals surface area contributed by atoms with E-state index in [4.69, 9.17) is 19.2 Å². The van der Waals surface area contributed by atoms with Gasteiger partial charge in [0.05, 0.1) is 42.9 Å². The average molecular weight is 998 g/mol. The highest BCUT2D eigenvalue weighted by molar-refractivity contribution is 5.95. The molecule has 4 aliphatic heterocycles. The predicted octanol–water partition coefficient (Wildman–Crippen LogP) is 5.84. The number of amides is 4. The van der Waals surface area contributed by atoms with Crippen LogP contribution in [0.3, 0.4) is 0 Å². The van der Waals surface area contributed by atoms with Gasteiger partial charge in [-0.3, -0.25) is 38.9 Å². The number of nitrogens with one attached hydrogen (secondary N) is 2. The van der Waals surface area contributed by atoms with Gasteiger partial charge in [0, 0.05) is 107 Å². The first-order valence-corrected chi connectivity index (χ1v) is 26.0. The first-order chi connectivity index (χ1) is 34.4. The predicted molar refractivity (Wildman–Crippen MR) is 282 cm³/mol. The SMILES string of the molecule is CC(C)(C#CC(=O)N1CCCC1)N1CCC1.CC(NC(=O)C(C(C)C)N(C)C=O)C(=O)N1CCCCN1.CCn1c(-c2cccnc2C(C)OC)c(CC(C)(C)COC=O)c2cc(N3CCOCC3)ccc21. The lowest BCUT2D eigenvalue weighted by atomic mass is 9.84. The molecule has 4 aliphatic rings. The molecule has 17 nitrogen and oxygen atoms in total. The fourth-order valence-corrected chi connectivity index (χ4v) is 9.74. The first kappa shape index (κ1) is 57.4. The third-order valence-corrected chi connectivity index (χ3v) is 14.0. The number of aryl methyl sites for hydroxylation is 1. The third-order valence-electron chi connectivity index (χ3n) is 14.0. The number of carbonyl (C=O) groups excluding carboxylic acids is 5. The largest absolute Gasteiger partial charge is 0.467 e. The van der Waals surface area contributed by atoms with Gasteiger partial charge in [0.2, 0.25) is 12.3 Å². The Labute approximate surface area is 428 Å². The van der Waals surface area contributed by atoms with E-state index in [1.165, 1.54) is 33.5 Å². The van der Waals surface area contributed by atoms with E-state index in [1.54, 1.807) is 26.1 Å². The van der Waals surface area contributed by atoms with Crippen molar-refractivity contribution in [3.05, 3.63) is 47.8 Å². The number of aromatic nitrogens is 2. The van der Waals surface area contributed by atoms with Gasteiger partial charge in [-0.1, -0.05) is 33.6 Å². The maximum atomic E-state index is 12.3. The number of rotatable bonds is 17. The number of morpholine rings is 1. The van der Waals surface area contributed by atoms with Crippen LogP contribution < -0.4 is 15.6 Å². The van der Waals surface area contributed by atoms with Crippen LogP contribution in [0.2, 0.25) is 0 Å². The maximum Gasteiger partial charge on any atom is 0.298 e. The topological polar surface area (TPSA) is 171 Å². The van der Waals surface area contributed by atoms with Crippen molar-refractivity contribution in [1.29, 1.82) is 0 Å². The Bertz CT molecular complexity index is 2330. The molecule has 0 spiro atoms. The molecule has 0 radical (unpaired) electrons. The molecule has 4 fully saturated rings. The molecule has 17 heteroatoms. The number of fused-ring (bicyclic) bond motifs is 1. The summed E-state index contributed by atoms with van der Waals surface area (Å²) in [4.78, 5) is 70.7. The van der Waals surface area contributed by atoms with Gasteiger partial charge in [0.15, 0.2) is 0 Å². The first-order valence-electron chi connectivity index (χ1n) is 26.0. The van der Waals surface area contributed by atoms with E-state index in [2.05, 4.69) is 95.8 Å². The Morgan fingerprint density at radius 3 is 2.22 bits per heavy atom. The van der Waals surface area contributed by atoms with Gasteiger partial charge in [0.25, 0.3) is 18.3 Å². The summed E-state index contributed by atoms with van der Waals surface area (Å²) in [6.07, 6.45) is 8.58. The Kier molecular flexibility index (Phi) is 21.5. The van der Waals surface area contributed by atoms with Crippen molar-refractivity contribution in [2.45, 2.75) is 131 Å². The third kappa shape index (κ3) is 15.0. The van der Waals surface area contributed by atoms with E-state index in [9.17, 15) is 24.0 Å². The van der Waals surface area contributed by atoms with Crippen molar-refractivity contribution in [3.63, 3.8) is 0 Å². The number of likely N-dealkylation sites (tertiary alicyclic amines) is 2. The maximum absolute atomic E-state index is 12.3. The highest BCUT2D eigenvalue weighted by atomic mass is 16.5. The van der Waals surface area contributed by atoms with Gasteiger partial charge in [-0.15, -0.1) is 0 Å². The minimum absolute atomic E-state index is 0.00565. The lowest BCUT2D eigenvalue weighted by molar-refractivity contribution is -0.141. The van der Waals surface area contributed by atoms with Gasteiger partial charge < -0.3 is 38.8 Å². The van der Waals surface area contributed by atoms with Crippen molar-refractivity contribution >= 4 is 47.2 Å². The molecule has 0 aliphatic carbocycles. The van der Waals surface area contributed by atoms with Gasteiger partial charge >= 0.3 is 0 Å². The van der Waals surface area contributed by atoms with Crippen LogP contribution in [0.1, 0.15) is 112 Å². The van der Waals surface area contributed by atoms with Gasteiger partial charge in [-0.2, -0.15) is 0 Å². The van der Waals surface area contributed by atoms with E-state index < -0.39 is 12.1 Å².